The third kappa shape index (κ3) is 1.63. The third-order valence-electron chi connectivity index (χ3n) is 2.30. The maximum Gasteiger partial charge on any atom is 0.0936 e. The normalized spacial score (nSPS) is 26.8. The molecule has 68 valence electrons. The van der Waals surface area contributed by atoms with Gasteiger partial charge in [0.15, 0.2) is 0 Å². The number of allylic oxidation sites excluding steroid dienone is 2. The monoisotopic (exact) mass is 174 g/mol. The van der Waals surface area contributed by atoms with E-state index in [-0.39, 0.29) is 12.1 Å². The van der Waals surface area contributed by atoms with Crippen LogP contribution in [0.25, 0.3) is 0 Å². The molecule has 2 N–H and O–H groups in total. The zero-order valence-corrected chi connectivity index (χ0v) is 7.77. The molecule has 0 aromatic rings. The molecule has 1 heterocycles. The van der Waals surface area contributed by atoms with E-state index in [0.29, 0.717) is 0 Å². The Morgan fingerprint density at radius 2 is 2.38 bits per heavy atom. The lowest BCUT2D eigenvalue weighted by Crippen LogP contribution is -2.16. The Bertz CT molecular complexity index is 319. The standard InChI is InChI=1S/C11H14N2/c1-8(12)6-9-7-13-11-5-3-2-4-10(9)11/h2-5,7-8,11H,6,12H2,1H3/t8?,11-/m0/s1. The molecule has 0 fully saturated rings. The van der Waals surface area contributed by atoms with E-state index in [4.69, 9.17) is 5.73 Å². The molecule has 0 amide bonds. The fourth-order valence-corrected chi connectivity index (χ4v) is 1.72. The van der Waals surface area contributed by atoms with E-state index < -0.39 is 0 Å². The summed E-state index contributed by atoms with van der Waals surface area (Å²) < 4.78 is 0. The molecule has 0 radical (unpaired) electrons. The smallest absolute Gasteiger partial charge is 0.0936 e. The first-order valence-electron chi connectivity index (χ1n) is 4.64. The van der Waals surface area contributed by atoms with E-state index in [0.717, 1.165) is 6.42 Å². The minimum Gasteiger partial charge on any atom is -0.328 e. The van der Waals surface area contributed by atoms with Gasteiger partial charge in [0, 0.05) is 12.3 Å². The average molecular weight is 174 g/mol. The first-order valence-corrected chi connectivity index (χ1v) is 4.64. The zero-order chi connectivity index (χ0) is 9.26. The highest BCUT2D eigenvalue weighted by Crippen LogP contribution is 2.25. The van der Waals surface area contributed by atoms with Gasteiger partial charge in [-0.1, -0.05) is 24.3 Å². The molecule has 0 saturated carbocycles. The Morgan fingerprint density at radius 3 is 3.15 bits per heavy atom. The summed E-state index contributed by atoms with van der Waals surface area (Å²) >= 11 is 0. The van der Waals surface area contributed by atoms with Gasteiger partial charge in [-0.05, 0) is 24.5 Å². The molecule has 2 heteroatoms. The summed E-state index contributed by atoms with van der Waals surface area (Å²) in [4.78, 5) is 4.40. The molecule has 2 atom stereocenters. The van der Waals surface area contributed by atoms with Gasteiger partial charge < -0.3 is 5.73 Å². The van der Waals surface area contributed by atoms with Crippen molar-refractivity contribution in [2.45, 2.75) is 25.4 Å². The second-order valence-corrected chi connectivity index (χ2v) is 3.63. The van der Waals surface area contributed by atoms with Crippen LogP contribution >= 0.6 is 0 Å². The molecular formula is C11H14N2. The number of nitrogens with two attached hydrogens (primary N) is 1. The maximum atomic E-state index is 5.76. The maximum absolute atomic E-state index is 5.76. The topological polar surface area (TPSA) is 38.4 Å². The lowest BCUT2D eigenvalue weighted by atomic mass is 9.97. The first kappa shape index (κ1) is 8.45. The minimum absolute atomic E-state index is 0.215. The van der Waals surface area contributed by atoms with Crippen molar-refractivity contribution < 1.29 is 0 Å². The van der Waals surface area contributed by atoms with Gasteiger partial charge in [-0.2, -0.15) is 0 Å². The van der Waals surface area contributed by atoms with Crippen molar-refractivity contribution in [1.29, 1.82) is 0 Å². The second-order valence-electron chi connectivity index (χ2n) is 3.63. The van der Waals surface area contributed by atoms with Crippen molar-refractivity contribution in [2.24, 2.45) is 10.7 Å². The number of hydrogen-bond donors (Lipinski definition) is 1. The van der Waals surface area contributed by atoms with E-state index in [2.05, 4.69) is 23.2 Å². The van der Waals surface area contributed by atoms with Crippen molar-refractivity contribution in [3.8, 4) is 0 Å². The first-order chi connectivity index (χ1) is 6.27. The number of hydrogen-bond acceptors (Lipinski definition) is 2. The van der Waals surface area contributed by atoms with Crippen LogP contribution in [0.2, 0.25) is 0 Å². The van der Waals surface area contributed by atoms with Crippen molar-refractivity contribution >= 4 is 6.21 Å². The van der Waals surface area contributed by atoms with Crippen LogP contribution in [-0.4, -0.2) is 18.3 Å². The minimum atomic E-state index is 0.215. The molecule has 0 aromatic carbocycles. The molecule has 0 spiro atoms. The van der Waals surface area contributed by atoms with Crippen LogP contribution in [0.3, 0.4) is 0 Å². The summed E-state index contributed by atoms with van der Waals surface area (Å²) in [5.74, 6) is 0. The van der Waals surface area contributed by atoms with Crippen LogP contribution in [0.5, 0.6) is 0 Å². The Balaban J connectivity index is 2.23. The fraction of sp³-hybridized carbons (Fsp3) is 0.364. The molecule has 0 saturated heterocycles. The van der Waals surface area contributed by atoms with Crippen LogP contribution < -0.4 is 5.73 Å². The molecule has 0 aromatic heterocycles. The van der Waals surface area contributed by atoms with Gasteiger partial charge in [-0.25, -0.2) is 0 Å². The Hall–Kier alpha value is -1.15. The molecule has 2 rings (SSSR count). The highest BCUT2D eigenvalue weighted by atomic mass is 14.8. The van der Waals surface area contributed by atoms with Crippen LogP contribution in [0.4, 0.5) is 0 Å². The molecule has 0 bridgehead atoms. The van der Waals surface area contributed by atoms with Crippen LogP contribution in [0.1, 0.15) is 13.3 Å². The largest absolute Gasteiger partial charge is 0.328 e. The van der Waals surface area contributed by atoms with E-state index in [1.807, 2.05) is 19.2 Å². The molecule has 2 aliphatic rings. The van der Waals surface area contributed by atoms with E-state index >= 15 is 0 Å². The summed E-state index contributed by atoms with van der Waals surface area (Å²) in [6, 6.07) is 0.478. The lowest BCUT2D eigenvalue weighted by Gasteiger charge is -2.10. The van der Waals surface area contributed by atoms with Gasteiger partial charge in [-0.15, -0.1) is 0 Å². The average Bonchev–Trinajstić information content (AvgIpc) is 2.48. The Labute approximate surface area is 78.5 Å². The van der Waals surface area contributed by atoms with Gasteiger partial charge in [-0.3, -0.25) is 4.99 Å². The predicted octanol–water partition coefficient (Wildman–Crippen LogP) is 1.60. The number of nitrogens with zero attached hydrogens (tertiary/aromatic N) is 1. The highest BCUT2D eigenvalue weighted by molar-refractivity contribution is 5.85. The molecule has 2 nitrogen and oxygen atoms in total. The fourth-order valence-electron chi connectivity index (χ4n) is 1.72. The van der Waals surface area contributed by atoms with Gasteiger partial charge >= 0.3 is 0 Å². The molecule has 1 aliphatic heterocycles. The third-order valence-corrected chi connectivity index (χ3v) is 2.30. The molecule has 1 aliphatic carbocycles. The number of aliphatic imine (C=N–C) groups is 1. The Kier molecular flexibility index (Phi) is 2.15. The van der Waals surface area contributed by atoms with Crippen molar-refractivity contribution in [2.75, 3.05) is 0 Å². The number of rotatable bonds is 2. The molecule has 13 heavy (non-hydrogen) atoms. The van der Waals surface area contributed by atoms with Gasteiger partial charge in [0.05, 0.1) is 6.04 Å². The second kappa shape index (κ2) is 3.30. The Morgan fingerprint density at radius 1 is 1.54 bits per heavy atom. The zero-order valence-electron chi connectivity index (χ0n) is 7.77. The predicted molar refractivity (Wildman–Crippen MR) is 55.9 cm³/mol. The summed E-state index contributed by atoms with van der Waals surface area (Å²) in [6.07, 6.45) is 11.2. The van der Waals surface area contributed by atoms with Gasteiger partial charge in [0.25, 0.3) is 0 Å². The van der Waals surface area contributed by atoms with Crippen LogP contribution in [-0.2, 0) is 0 Å². The number of fused-ring (bicyclic) bond motifs is 1. The molecular weight excluding hydrogens is 160 g/mol. The van der Waals surface area contributed by atoms with Crippen LogP contribution in [0.15, 0.2) is 40.4 Å². The van der Waals surface area contributed by atoms with Crippen molar-refractivity contribution in [1.82, 2.24) is 0 Å². The summed E-state index contributed by atoms with van der Waals surface area (Å²) in [5.41, 5.74) is 8.37. The molecule has 1 unspecified atom stereocenters. The quantitative estimate of drug-likeness (QED) is 0.678. The summed E-state index contributed by atoms with van der Waals surface area (Å²) in [5, 5.41) is 0. The van der Waals surface area contributed by atoms with E-state index in [1.54, 1.807) is 0 Å². The van der Waals surface area contributed by atoms with Crippen molar-refractivity contribution in [3.63, 3.8) is 0 Å². The van der Waals surface area contributed by atoms with Crippen LogP contribution in [0, 0.1) is 0 Å². The SMILES string of the molecule is CC(N)CC1=C2C=CC=C[C@@H]2N=C1. The highest BCUT2D eigenvalue weighted by Gasteiger charge is 2.19. The summed E-state index contributed by atoms with van der Waals surface area (Å²) in [7, 11) is 0. The van der Waals surface area contributed by atoms with E-state index in [9.17, 15) is 0 Å². The van der Waals surface area contributed by atoms with Crippen molar-refractivity contribution in [3.05, 3.63) is 35.5 Å². The van der Waals surface area contributed by atoms with Gasteiger partial charge in [0.2, 0.25) is 0 Å². The summed E-state index contributed by atoms with van der Waals surface area (Å²) in [6.45, 7) is 2.02. The lowest BCUT2D eigenvalue weighted by molar-refractivity contribution is 0.744. The van der Waals surface area contributed by atoms with E-state index in [1.165, 1.54) is 11.1 Å². The van der Waals surface area contributed by atoms with Gasteiger partial charge in [0.1, 0.15) is 0 Å².